The van der Waals surface area contributed by atoms with Crippen molar-refractivity contribution in [2.75, 3.05) is 32.8 Å². The summed E-state index contributed by atoms with van der Waals surface area (Å²) in [5, 5.41) is 12.0. The minimum Gasteiger partial charge on any atom is -0.449 e. The molecule has 29 heavy (non-hydrogen) atoms. The van der Waals surface area contributed by atoms with Crippen LogP contribution in [0.2, 0.25) is 0 Å². The number of rotatable bonds is 10. The smallest absolute Gasteiger partial charge is 0.407 e. The lowest BCUT2D eigenvalue weighted by Crippen LogP contribution is -2.35. The average molecular weight is 397 g/mol. The van der Waals surface area contributed by atoms with E-state index in [2.05, 4.69) is 41.4 Å². The van der Waals surface area contributed by atoms with Gasteiger partial charge in [0, 0.05) is 18.5 Å². The Morgan fingerprint density at radius 2 is 1.72 bits per heavy atom. The second-order valence-corrected chi connectivity index (χ2v) is 7.67. The maximum absolute atomic E-state index is 12.3. The number of nitrogens with one attached hydrogen (secondary N) is 1. The molecule has 2 N–H and O–H groups in total. The van der Waals surface area contributed by atoms with Gasteiger partial charge in [-0.05, 0) is 55.1 Å². The largest absolute Gasteiger partial charge is 0.449 e. The molecule has 1 aliphatic rings. The van der Waals surface area contributed by atoms with Crippen LogP contribution in [-0.2, 0) is 4.74 Å². The Morgan fingerprint density at radius 3 is 2.31 bits per heavy atom. The summed E-state index contributed by atoms with van der Waals surface area (Å²) in [7, 11) is 0. The van der Waals surface area contributed by atoms with Crippen LogP contribution in [0.15, 0.2) is 48.5 Å². The van der Waals surface area contributed by atoms with Gasteiger partial charge in [0.1, 0.15) is 6.61 Å². The van der Waals surface area contributed by atoms with Crippen LogP contribution in [0, 0.1) is 0 Å². The molecule has 3 rings (SSSR count). The van der Waals surface area contributed by atoms with Gasteiger partial charge >= 0.3 is 6.09 Å². The van der Waals surface area contributed by atoms with Gasteiger partial charge in [0.05, 0.1) is 6.61 Å². The summed E-state index contributed by atoms with van der Waals surface area (Å²) in [6.45, 7) is 7.17. The van der Waals surface area contributed by atoms with Crippen molar-refractivity contribution in [3.05, 3.63) is 59.7 Å². The maximum Gasteiger partial charge on any atom is 0.407 e. The van der Waals surface area contributed by atoms with Crippen molar-refractivity contribution in [3.8, 4) is 11.1 Å². The normalized spacial score (nSPS) is 13.8. The molecule has 2 aromatic carbocycles. The van der Waals surface area contributed by atoms with E-state index in [1.165, 1.54) is 22.3 Å². The lowest BCUT2D eigenvalue weighted by atomic mass is 9.98. The van der Waals surface area contributed by atoms with Crippen molar-refractivity contribution in [1.82, 2.24) is 10.2 Å². The molecule has 0 saturated heterocycles. The van der Waals surface area contributed by atoms with Crippen molar-refractivity contribution in [1.29, 1.82) is 0 Å². The average Bonchev–Trinajstić information content (AvgIpc) is 3.05. The van der Waals surface area contributed by atoms with E-state index in [4.69, 9.17) is 9.84 Å². The number of carbonyl (C=O) groups excluding carboxylic acids is 1. The summed E-state index contributed by atoms with van der Waals surface area (Å²) >= 11 is 0. The first-order valence-corrected chi connectivity index (χ1v) is 10.6. The fourth-order valence-corrected chi connectivity index (χ4v) is 4.10. The Morgan fingerprint density at radius 1 is 1.10 bits per heavy atom. The minimum absolute atomic E-state index is 0.0542. The van der Waals surface area contributed by atoms with Crippen molar-refractivity contribution in [2.45, 2.75) is 38.6 Å². The monoisotopic (exact) mass is 396 g/mol. The quantitative estimate of drug-likeness (QED) is 0.637. The van der Waals surface area contributed by atoms with Gasteiger partial charge in [0.2, 0.25) is 0 Å². The number of alkyl carbamates (subject to hydrolysis) is 1. The van der Waals surface area contributed by atoms with E-state index in [0.29, 0.717) is 13.2 Å². The number of fused-ring (bicyclic) bond motifs is 3. The molecule has 0 heterocycles. The molecule has 0 aliphatic heterocycles. The number of carbonyl (C=O) groups is 1. The van der Waals surface area contributed by atoms with Crippen molar-refractivity contribution in [2.24, 2.45) is 0 Å². The molecule has 0 spiro atoms. The van der Waals surface area contributed by atoms with E-state index in [9.17, 15) is 4.79 Å². The molecule has 0 aromatic heterocycles. The zero-order valence-corrected chi connectivity index (χ0v) is 17.4. The summed E-state index contributed by atoms with van der Waals surface area (Å²) in [5.74, 6) is 0.0834. The molecular weight excluding hydrogens is 364 g/mol. The Bertz CT molecular complexity index is 763. The van der Waals surface area contributed by atoms with Crippen LogP contribution in [0.1, 0.15) is 43.7 Å². The van der Waals surface area contributed by atoms with E-state index in [1.54, 1.807) is 0 Å². The molecule has 0 saturated carbocycles. The first-order valence-electron chi connectivity index (χ1n) is 10.6. The Kier molecular flexibility index (Phi) is 7.67. The van der Waals surface area contributed by atoms with E-state index in [-0.39, 0.29) is 24.7 Å². The van der Waals surface area contributed by atoms with Gasteiger partial charge in [0.15, 0.2) is 0 Å². The molecule has 0 unspecified atom stereocenters. The molecule has 1 atom stereocenters. The molecule has 0 radical (unpaired) electrons. The predicted octanol–water partition coefficient (Wildman–Crippen LogP) is 4.01. The summed E-state index contributed by atoms with van der Waals surface area (Å²) in [4.78, 5) is 14.5. The topological polar surface area (TPSA) is 61.8 Å². The third kappa shape index (κ3) is 5.37. The first kappa shape index (κ1) is 21.3. The number of likely N-dealkylation sites (N-methyl/N-ethyl adjacent to an activating group) is 1. The van der Waals surface area contributed by atoms with Crippen molar-refractivity contribution >= 4 is 6.09 Å². The molecule has 1 amide bonds. The van der Waals surface area contributed by atoms with Crippen LogP contribution in [0.4, 0.5) is 4.79 Å². The number of hydrogen-bond acceptors (Lipinski definition) is 4. The summed E-state index contributed by atoms with van der Waals surface area (Å²) in [5.41, 5.74) is 4.90. The third-order valence-corrected chi connectivity index (χ3v) is 5.68. The standard InChI is InChI=1S/C24H32N2O3/c1-3-26(15-16-27)14-8-9-18(2)25-24(28)29-17-23-21-12-6-4-10-19(21)20-11-5-7-13-22(20)23/h4-7,10-13,18,23,27H,3,8-9,14-17H2,1-2H3,(H,25,28)/t18-/m1/s1. The fraction of sp³-hybridized carbons (Fsp3) is 0.458. The van der Waals surface area contributed by atoms with E-state index >= 15 is 0 Å². The zero-order chi connectivity index (χ0) is 20.6. The Labute approximate surface area is 173 Å². The van der Waals surface area contributed by atoms with Gasteiger partial charge in [-0.25, -0.2) is 4.79 Å². The van der Waals surface area contributed by atoms with E-state index in [1.807, 2.05) is 31.2 Å². The van der Waals surface area contributed by atoms with Gasteiger partial charge < -0.3 is 20.1 Å². The first-order chi connectivity index (χ1) is 14.1. The zero-order valence-electron chi connectivity index (χ0n) is 17.4. The Balaban J connectivity index is 1.48. The van der Waals surface area contributed by atoms with Crippen LogP contribution in [0.5, 0.6) is 0 Å². The number of amides is 1. The van der Waals surface area contributed by atoms with Gasteiger partial charge in [-0.1, -0.05) is 55.5 Å². The SMILES string of the molecule is CCN(CCO)CCC[C@@H](C)NC(=O)OCC1c2ccccc2-c2ccccc21. The molecule has 5 heteroatoms. The molecule has 2 aromatic rings. The molecule has 5 nitrogen and oxygen atoms in total. The number of aliphatic hydroxyl groups excluding tert-OH is 1. The summed E-state index contributed by atoms with van der Waals surface area (Å²) < 4.78 is 5.60. The number of ether oxygens (including phenoxy) is 1. The molecule has 0 fully saturated rings. The molecule has 156 valence electrons. The van der Waals surface area contributed by atoms with Gasteiger partial charge in [0.25, 0.3) is 0 Å². The van der Waals surface area contributed by atoms with Crippen LogP contribution < -0.4 is 5.32 Å². The summed E-state index contributed by atoms with van der Waals surface area (Å²) in [6.07, 6.45) is 1.49. The lowest BCUT2D eigenvalue weighted by molar-refractivity contribution is 0.138. The van der Waals surface area contributed by atoms with E-state index < -0.39 is 0 Å². The number of nitrogens with zero attached hydrogens (tertiary/aromatic N) is 1. The molecule has 0 bridgehead atoms. The summed E-state index contributed by atoms with van der Waals surface area (Å²) in [6, 6.07) is 16.7. The highest BCUT2D eigenvalue weighted by molar-refractivity contribution is 5.79. The van der Waals surface area contributed by atoms with Crippen molar-refractivity contribution < 1.29 is 14.6 Å². The highest BCUT2D eigenvalue weighted by Crippen LogP contribution is 2.44. The van der Waals surface area contributed by atoms with E-state index in [0.717, 1.165) is 25.9 Å². The van der Waals surface area contributed by atoms with Gasteiger partial charge in [-0.15, -0.1) is 0 Å². The van der Waals surface area contributed by atoms with Crippen LogP contribution in [-0.4, -0.2) is 55.0 Å². The lowest BCUT2D eigenvalue weighted by Gasteiger charge is -2.21. The van der Waals surface area contributed by atoms with Crippen LogP contribution in [0.25, 0.3) is 11.1 Å². The predicted molar refractivity (Wildman–Crippen MR) is 116 cm³/mol. The highest BCUT2D eigenvalue weighted by Gasteiger charge is 2.29. The van der Waals surface area contributed by atoms with Gasteiger partial charge in [-0.3, -0.25) is 0 Å². The fourth-order valence-electron chi connectivity index (χ4n) is 4.10. The number of aliphatic hydroxyl groups is 1. The third-order valence-electron chi connectivity index (χ3n) is 5.68. The minimum atomic E-state index is -0.359. The number of hydrogen-bond donors (Lipinski definition) is 2. The Hall–Kier alpha value is -2.37. The second-order valence-electron chi connectivity index (χ2n) is 7.67. The molecular formula is C24H32N2O3. The maximum atomic E-state index is 12.3. The van der Waals surface area contributed by atoms with Crippen LogP contribution >= 0.6 is 0 Å². The van der Waals surface area contributed by atoms with Gasteiger partial charge in [-0.2, -0.15) is 0 Å². The van der Waals surface area contributed by atoms with Crippen molar-refractivity contribution in [3.63, 3.8) is 0 Å². The highest BCUT2D eigenvalue weighted by atomic mass is 16.5. The second kappa shape index (κ2) is 10.4. The number of benzene rings is 2. The van der Waals surface area contributed by atoms with Crippen LogP contribution in [0.3, 0.4) is 0 Å². The molecule has 1 aliphatic carbocycles.